The van der Waals surface area contributed by atoms with Crippen molar-refractivity contribution in [2.45, 2.75) is 19.8 Å². The molecule has 1 N–H and O–H groups in total. The van der Waals surface area contributed by atoms with Gasteiger partial charge in [-0.15, -0.1) is 0 Å². The molecule has 82 valence electrons. The van der Waals surface area contributed by atoms with Crippen molar-refractivity contribution >= 4 is 11.7 Å². The van der Waals surface area contributed by atoms with Gasteiger partial charge in [0.15, 0.2) is 0 Å². The Balaban J connectivity index is 2.39. The van der Waals surface area contributed by atoms with Crippen LogP contribution in [0.25, 0.3) is 0 Å². The first-order valence-corrected chi connectivity index (χ1v) is 5.24. The van der Waals surface area contributed by atoms with Gasteiger partial charge in [0, 0.05) is 11.9 Å². The summed E-state index contributed by atoms with van der Waals surface area (Å²) in [5.41, 5.74) is 3.38. The summed E-state index contributed by atoms with van der Waals surface area (Å²) in [7, 11) is 0. The van der Waals surface area contributed by atoms with E-state index >= 15 is 0 Å². The zero-order chi connectivity index (χ0) is 11.5. The van der Waals surface area contributed by atoms with E-state index in [2.05, 4.69) is 4.99 Å². The van der Waals surface area contributed by atoms with E-state index in [4.69, 9.17) is 5.11 Å². The number of carbonyl (C=O) groups is 1. The first kappa shape index (κ1) is 10.6. The van der Waals surface area contributed by atoms with Crippen LogP contribution < -0.4 is 0 Å². The molecule has 1 heterocycles. The molecule has 0 aliphatic carbocycles. The summed E-state index contributed by atoms with van der Waals surface area (Å²) in [5, 5.41) is 8.87. The molecule has 0 bridgehead atoms. The summed E-state index contributed by atoms with van der Waals surface area (Å²) >= 11 is 0. The molecule has 1 aromatic carbocycles. The van der Waals surface area contributed by atoms with E-state index in [1.54, 1.807) is 12.1 Å². The number of hydrogen-bond acceptors (Lipinski definition) is 2. The van der Waals surface area contributed by atoms with Gasteiger partial charge in [0.25, 0.3) is 0 Å². The predicted octanol–water partition coefficient (Wildman–Crippen LogP) is 2.79. The maximum Gasteiger partial charge on any atom is 0.335 e. The van der Waals surface area contributed by atoms with Crippen LogP contribution in [0.3, 0.4) is 0 Å². The molecule has 1 aromatic rings. The van der Waals surface area contributed by atoms with Gasteiger partial charge in [-0.25, -0.2) is 4.79 Å². The van der Waals surface area contributed by atoms with Crippen LogP contribution in [-0.2, 0) is 0 Å². The van der Waals surface area contributed by atoms with E-state index in [1.807, 2.05) is 25.3 Å². The highest BCUT2D eigenvalue weighted by molar-refractivity contribution is 6.03. The Labute approximate surface area is 94.1 Å². The molecule has 3 heteroatoms. The van der Waals surface area contributed by atoms with Crippen LogP contribution in [-0.4, -0.2) is 16.8 Å². The van der Waals surface area contributed by atoms with Crippen LogP contribution in [0.1, 0.15) is 34.3 Å². The predicted molar refractivity (Wildman–Crippen MR) is 63.0 cm³/mol. The van der Waals surface area contributed by atoms with E-state index in [9.17, 15) is 4.79 Å². The average molecular weight is 215 g/mol. The quantitative estimate of drug-likeness (QED) is 0.824. The summed E-state index contributed by atoms with van der Waals surface area (Å²) in [4.78, 5) is 15.1. The van der Waals surface area contributed by atoms with E-state index in [-0.39, 0.29) is 0 Å². The van der Waals surface area contributed by atoms with Gasteiger partial charge >= 0.3 is 5.97 Å². The molecule has 16 heavy (non-hydrogen) atoms. The van der Waals surface area contributed by atoms with E-state index in [1.165, 1.54) is 0 Å². The molecular formula is C13H13NO2. The number of carboxylic acids is 1. The Hall–Kier alpha value is -1.90. The smallest absolute Gasteiger partial charge is 0.335 e. The Morgan fingerprint density at radius 1 is 1.44 bits per heavy atom. The van der Waals surface area contributed by atoms with Gasteiger partial charge in [-0.1, -0.05) is 12.1 Å². The lowest BCUT2D eigenvalue weighted by atomic mass is 9.97. The lowest BCUT2D eigenvalue weighted by Gasteiger charge is -2.11. The lowest BCUT2D eigenvalue weighted by molar-refractivity contribution is 0.0697. The zero-order valence-corrected chi connectivity index (χ0v) is 9.10. The van der Waals surface area contributed by atoms with Crippen LogP contribution in [0.2, 0.25) is 0 Å². The second-order valence-corrected chi connectivity index (χ2v) is 3.83. The van der Waals surface area contributed by atoms with Crippen LogP contribution in [0.15, 0.2) is 35.5 Å². The van der Waals surface area contributed by atoms with Gasteiger partial charge in [0.05, 0.1) is 5.56 Å². The van der Waals surface area contributed by atoms with Crippen molar-refractivity contribution in [2.75, 3.05) is 0 Å². The van der Waals surface area contributed by atoms with Gasteiger partial charge in [0.1, 0.15) is 0 Å². The van der Waals surface area contributed by atoms with Crippen molar-refractivity contribution in [2.24, 2.45) is 4.99 Å². The number of nitrogens with zero attached hydrogens (tertiary/aromatic N) is 1. The van der Waals surface area contributed by atoms with E-state index in [0.717, 1.165) is 29.7 Å². The van der Waals surface area contributed by atoms with E-state index < -0.39 is 5.97 Å². The number of aryl methyl sites for hydroxylation is 1. The maximum atomic E-state index is 10.8. The molecule has 2 rings (SSSR count). The number of allylic oxidation sites excluding steroid dienone is 1. The lowest BCUT2D eigenvalue weighted by Crippen LogP contribution is -2.06. The molecule has 0 unspecified atom stereocenters. The Kier molecular flexibility index (Phi) is 2.86. The minimum atomic E-state index is -0.889. The highest BCUT2D eigenvalue weighted by Crippen LogP contribution is 2.17. The zero-order valence-electron chi connectivity index (χ0n) is 9.10. The normalized spacial score (nSPS) is 14.7. The SMILES string of the molecule is Cc1cc(C(=O)O)ccc1C1=NC=CCC1. The number of rotatable bonds is 2. The van der Waals surface area contributed by atoms with Gasteiger partial charge in [-0.2, -0.15) is 0 Å². The molecule has 0 saturated heterocycles. The van der Waals surface area contributed by atoms with Crippen molar-refractivity contribution in [3.63, 3.8) is 0 Å². The largest absolute Gasteiger partial charge is 0.478 e. The molecule has 1 aliphatic rings. The third kappa shape index (κ3) is 2.03. The third-order valence-electron chi connectivity index (χ3n) is 2.67. The maximum absolute atomic E-state index is 10.8. The van der Waals surface area contributed by atoms with E-state index in [0.29, 0.717) is 5.56 Å². The van der Waals surface area contributed by atoms with Gasteiger partial charge < -0.3 is 5.11 Å². The molecule has 1 aliphatic heterocycles. The molecule has 0 radical (unpaired) electrons. The molecule has 0 saturated carbocycles. The fourth-order valence-electron chi connectivity index (χ4n) is 1.83. The molecule has 0 spiro atoms. The van der Waals surface area contributed by atoms with Crippen molar-refractivity contribution in [1.29, 1.82) is 0 Å². The van der Waals surface area contributed by atoms with Crippen molar-refractivity contribution < 1.29 is 9.90 Å². The monoisotopic (exact) mass is 215 g/mol. The Bertz CT molecular complexity index is 487. The molecular weight excluding hydrogens is 202 g/mol. The topological polar surface area (TPSA) is 49.7 Å². The number of aliphatic imine (C=N–C) groups is 1. The molecule has 0 atom stereocenters. The minimum absolute atomic E-state index is 0.327. The summed E-state index contributed by atoms with van der Waals surface area (Å²) < 4.78 is 0. The highest BCUT2D eigenvalue weighted by Gasteiger charge is 2.10. The van der Waals surface area contributed by atoms with Crippen molar-refractivity contribution in [3.05, 3.63) is 47.2 Å². The number of benzene rings is 1. The van der Waals surface area contributed by atoms with Crippen LogP contribution in [0, 0.1) is 6.92 Å². The van der Waals surface area contributed by atoms with Crippen molar-refractivity contribution in [1.82, 2.24) is 0 Å². The number of carboxylic acid groups (broad SMARTS) is 1. The van der Waals surface area contributed by atoms with Gasteiger partial charge in [-0.3, -0.25) is 4.99 Å². The Morgan fingerprint density at radius 3 is 2.81 bits per heavy atom. The van der Waals surface area contributed by atoms with Crippen LogP contribution >= 0.6 is 0 Å². The van der Waals surface area contributed by atoms with Crippen LogP contribution in [0.5, 0.6) is 0 Å². The second-order valence-electron chi connectivity index (χ2n) is 3.83. The summed E-state index contributed by atoms with van der Waals surface area (Å²) in [6.07, 6.45) is 5.76. The first-order chi connectivity index (χ1) is 7.68. The Morgan fingerprint density at radius 2 is 2.25 bits per heavy atom. The fourth-order valence-corrected chi connectivity index (χ4v) is 1.83. The minimum Gasteiger partial charge on any atom is -0.478 e. The third-order valence-corrected chi connectivity index (χ3v) is 2.67. The second kappa shape index (κ2) is 4.31. The molecule has 0 aromatic heterocycles. The fraction of sp³-hybridized carbons (Fsp3) is 0.231. The van der Waals surface area contributed by atoms with Gasteiger partial charge in [-0.05, 0) is 43.0 Å². The molecule has 3 nitrogen and oxygen atoms in total. The number of aromatic carboxylic acids is 1. The molecule has 0 amide bonds. The standard InChI is InChI=1S/C13H13NO2/c1-9-8-10(13(15)16)5-6-11(9)12-4-2-3-7-14-12/h3,5-8H,2,4H2,1H3,(H,15,16). The number of hydrogen-bond donors (Lipinski definition) is 1. The first-order valence-electron chi connectivity index (χ1n) is 5.24. The summed E-state index contributed by atoms with van der Waals surface area (Å²) in [6, 6.07) is 5.17. The molecule has 0 fully saturated rings. The van der Waals surface area contributed by atoms with Crippen LogP contribution in [0.4, 0.5) is 0 Å². The average Bonchev–Trinajstić information content (AvgIpc) is 2.30. The highest BCUT2D eigenvalue weighted by atomic mass is 16.4. The van der Waals surface area contributed by atoms with Gasteiger partial charge in [0.2, 0.25) is 0 Å². The van der Waals surface area contributed by atoms with Crippen molar-refractivity contribution in [3.8, 4) is 0 Å². The summed E-state index contributed by atoms with van der Waals surface area (Å²) in [5.74, 6) is -0.889. The summed E-state index contributed by atoms with van der Waals surface area (Å²) in [6.45, 7) is 1.92.